The monoisotopic (exact) mass is 430 g/mol. The summed E-state index contributed by atoms with van der Waals surface area (Å²) < 4.78 is 78.7. The normalized spacial score (nSPS) is 18.9. The van der Waals surface area contributed by atoms with Crippen LogP contribution in [0.15, 0.2) is 82.5 Å². The van der Waals surface area contributed by atoms with Crippen molar-refractivity contribution in [1.29, 1.82) is 0 Å². The number of alkyl halides is 6. The summed E-state index contributed by atoms with van der Waals surface area (Å²) in [5, 5.41) is 9.28. The number of rotatable bonds is 5. The molecule has 2 rings (SSSR count). The molecule has 0 bridgehead atoms. The minimum Gasteiger partial charge on any atom is -0.478 e. The third-order valence-corrected chi connectivity index (χ3v) is 4.67. The predicted molar refractivity (Wildman–Crippen MR) is 102 cm³/mol. The third-order valence-electron chi connectivity index (χ3n) is 4.67. The Morgan fingerprint density at radius 1 is 1.20 bits per heavy atom. The highest BCUT2D eigenvalue weighted by Gasteiger charge is 2.38. The molecule has 2 nitrogen and oxygen atoms in total. The molecule has 0 heterocycles. The van der Waals surface area contributed by atoms with Crippen molar-refractivity contribution in [2.75, 3.05) is 0 Å². The second-order valence-electron chi connectivity index (χ2n) is 6.84. The molecule has 0 aromatic carbocycles. The molecular formula is C22H20F6O2. The van der Waals surface area contributed by atoms with Crippen LogP contribution in [0.5, 0.6) is 0 Å². The highest BCUT2D eigenvalue weighted by Crippen LogP contribution is 2.41. The Morgan fingerprint density at radius 3 is 2.47 bits per heavy atom. The van der Waals surface area contributed by atoms with E-state index in [1.165, 1.54) is 12.2 Å². The average Bonchev–Trinajstić information content (AvgIpc) is 2.91. The van der Waals surface area contributed by atoms with Gasteiger partial charge in [-0.3, -0.25) is 0 Å². The Labute approximate surface area is 170 Å². The molecule has 0 saturated carbocycles. The molecule has 0 spiro atoms. The smallest absolute Gasteiger partial charge is 0.416 e. The van der Waals surface area contributed by atoms with Crippen LogP contribution in [0.25, 0.3) is 0 Å². The van der Waals surface area contributed by atoms with Crippen molar-refractivity contribution in [3.05, 3.63) is 82.5 Å². The van der Waals surface area contributed by atoms with Crippen molar-refractivity contribution in [2.45, 2.75) is 44.5 Å². The largest absolute Gasteiger partial charge is 0.478 e. The van der Waals surface area contributed by atoms with Gasteiger partial charge in [-0.05, 0) is 48.5 Å². The van der Waals surface area contributed by atoms with Gasteiger partial charge in [-0.1, -0.05) is 48.6 Å². The second kappa shape index (κ2) is 9.36. The van der Waals surface area contributed by atoms with Crippen LogP contribution in [0.2, 0.25) is 0 Å². The van der Waals surface area contributed by atoms with Gasteiger partial charge in [0.2, 0.25) is 0 Å². The van der Waals surface area contributed by atoms with Gasteiger partial charge in [0.15, 0.2) is 0 Å². The number of carbonyl (C=O) groups is 1. The maximum Gasteiger partial charge on any atom is 0.416 e. The van der Waals surface area contributed by atoms with E-state index in [1.807, 2.05) is 0 Å². The van der Waals surface area contributed by atoms with E-state index in [1.54, 1.807) is 12.2 Å². The fourth-order valence-electron chi connectivity index (χ4n) is 3.36. The first kappa shape index (κ1) is 23.5. The van der Waals surface area contributed by atoms with E-state index in [0.717, 1.165) is 17.7 Å². The molecule has 0 aromatic heterocycles. The second-order valence-corrected chi connectivity index (χ2v) is 6.84. The maximum atomic E-state index is 13.6. The fraction of sp³-hybridized carbons (Fsp3) is 0.318. The zero-order valence-corrected chi connectivity index (χ0v) is 15.9. The Hall–Kier alpha value is -2.77. The lowest BCUT2D eigenvalue weighted by molar-refractivity contribution is -0.132. The van der Waals surface area contributed by atoms with E-state index in [4.69, 9.17) is 0 Å². The van der Waals surface area contributed by atoms with Crippen LogP contribution in [0.1, 0.15) is 32.1 Å². The Kier molecular flexibility index (Phi) is 7.34. The van der Waals surface area contributed by atoms with Crippen molar-refractivity contribution >= 4 is 5.97 Å². The third kappa shape index (κ3) is 6.37. The maximum absolute atomic E-state index is 13.6. The van der Waals surface area contributed by atoms with Crippen molar-refractivity contribution in [3.8, 4) is 0 Å². The van der Waals surface area contributed by atoms with Crippen LogP contribution < -0.4 is 0 Å². The molecule has 0 atom stereocenters. The molecule has 0 saturated heterocycles. The number of allylic oxidation sites excluding steroid dienone is 11. The van der Waals surface area contributed by atoms with Gasteiger partial charge in [0.05, 0.1) is 17.6 Å². The van der Waals surface area contributed by atoms with E-state index < -0.39 is 35.9 Å². The zero-order valence-electron chi connectivity index (χ0n) is 15.9. The van der Waals surface area contributed by atoms with E-state index >= 15 is 0 Å². The van der Waals surface area contributed by atoms with E-state index in [0.29, 0.717) is 24.8 Å². The lowest BCUT2D eigenvalue weighted by Crippen LogP contribution is -2.17. The molecule has 0 amide bonds. The van der Waals surface area contributed by atoms with Crippen LogP contribution in [-0.2, 0) is 4.79 Å². The lowest BCUT2D eigenvalue weighted by Gasteiger charge is -2.19. The molecule has 2 aliphatic carbocycles. The van der Waals surface area contributed by atoms with Gasteiger partial charge in [-0.25, -0.2) is 4.79 Å². The number of carboxylic acids is 1. The molecule has 0 aromatic rings. The van der Waals surface area contributed by atoms with Gasteiger partial charge in [0.1, 0.15) is 0 Å². The first-order valence-corrected chi connectivity index (χ1v) is 9.11. The van der Waals surface area contributed by atoms with Gasteiger partial charge >= 0.3 is 18.3 Å². The van der Waals surface area contributed by atoms with Gasteiger partial charge in [-0.15, -0.1) is 0 Å². The summed E-state index contributed by atoms with van der Waals surface area (Å²) >= 11 is 0. The summed E-state index contributed by atoms with van der Waals surface area (Å²) in [7, 11) is 0. The number of hydrogen-bond acceptors (Lipinski definition) is 1. The van der Waals surface area contributed by atoms with Crippen LogP contribution >= 0.6 is 0 Å². The van der Waals surface area contributed by atoms with Crippen molar-refractivity contribution in [2.24, 2.45) is 0 Å². The first-order valence-electron chi connectivity index (χ1n) is 9.11. The van der Waals surface area contributed by atoms with Crippen LogP contribution in [0.3, 0.4) is 0 Å². The van der Waals surface area contributed by atoms with E-state index in [2.05, 4.69) is 6.58 Å². The van der Waals surface area contributed by atoms with Crippen molar-refractivity contribution in [3.63, 3.8) is 0 Å². The molecule has 1 N–H and O–H groups in total. The summed E-state index contributed by atoms with van der Waals surface area (Å²) in [5.41, 5.74) is -0.136. The Bertz CT molecular complexity index is 890. The molecular weight excluding hydrogens is 410 g/mol. The highest BCUT2D eigenvalue weighted by atomic mass is 19.4. The molecule has 162 valence electrons. The Morgan fingerprint density at radius 2 is 1.90 bits per heavy atom. The van der Waals surface area contributed by atoms with Crippen LogP contribution in [0.4, 0.5) is 26.3 Å². The van der Waals surface area contributed by atoms with E-state index in [-0.39, 0.29) is 23.6 Å². The van der Waals surface area contributed by atoms with Crippen molar-refractivity contribution < 1.29 is 36.2 Å². The Balaban J connectivity index is 2.51. The summed E-state index contributed by atoms with van der Waals surface area (Å²) in [6.45, 7) is 3.39. The summed E-state index contributed by atoms with van der Waals surface area (Å²) in [6.07, 6.45) is -1.79. The topological polar surface area (TPSA) is 37.3 Å². The number of hydrogen-bond donors (Lipinski definition) is 1. The number of carboxylic acid groups (broad SMARTS) is 1. The van der Waals surface area contributed by atoms with Gasteiger partial charge in [-0.2, -0.15) is 26.3 Å². The van der Waals surface area contributed by atoms with Crippen LogP contribution in [0, 0.1) is 0 Å². The lowest BCUT2D eigenvalue weighted by atomic mass is 9.90. The predicted octanol–water partition coefficient (Wildman–Crippen LogP) is 6.92. The van der Waals surface area contributed by atoms with Crippen LogP contribution in [-0.4, -0.2) is 23.4 Å². The van der Waals surface area contributed by atoms with Gasteiger partial charge in [0, 0.05) is 0 Å². The number of aliphatic carboxylic acids is 1. The summed E-state index contributed by atoms with van der Waals surface area (Å²) in [6, 6.07) is 0. The van der Waals surface area contributed by atoms with Crippen molar-refractivity contribution in [1.82, 2.24) is 0 Å². The molecule has 0 radical (unpaired) electrons. The minimum atomic E-state index is -5.00. The molecule has 8 heteroatoms. The van der Waals surface area contributed by atoms with E-state index in [9.17, 15) is 36.2 Å². The highest BCUT2D eigenvalue weighted by molar-refractivity contribution is 5.90. The van der Waals surface area contributed by atoms with Gasteiger partial charge in [0.25, 0.3) is 0 Å². The molecule has 0 aliphatic heterocycles. The molecule has 0 unspecified atom stereocenters. The molecule has 0 fully saturated rings. The molecule has 2 aliphatic rings. The van der Waals surface area contributed by atoms with Gasteiger partial charge < -0.3 is 5.11 Å². The summed E-state index contributed by atoms with van der Waals surface area (Å²) in [4.78, 5) is 11.4. The summed E-state index contributed by atoms with van der Waals surface area (Å²) in [5.74, 6) is -1.17. The first-order chi connectivity index (χ1) is 13.9. The average molecular weight is 430 g/mol. The zero-order chi connectivity index (χ0) is 22.5. The SMILES string of the molecule is C=C/C=C(C1=CCCC2=C(C=C(C(=O)O)C=CC2)C1)\C(=C/CC(F)(F)F)C(F)(F)F. The fourth-order valence-corrected chi connectivity index (χ4v) is 3.36. The standard InChI is InChI=1S/C22H20F6O2/c1-2-5-18(19(22(26,27)28)10-11-21(23,24)25)15-8-3-6-14-7-4-9-16(20(29)30)13-17(14)12-15/h2,4-5,8-10,13H,1,3,6-7,11-12H2,(H,29,30)/b18-5-,19-10+. The molecule has 30 heavy (non-hydrogen) atoms. The number of halogens is 6. The quantitative estimate of drug-likeness (QED) is 0.380. The minimum absolute atomic E-state index is 0.000779.